The second-order valence-electron chi connectivity index (χ2n) is 4.98. The molecule has 2 aromatic rings. The van der Waals surface area contributed by atoms with Crippen LogP contribution in [-0.4, -0.2) is 12.5 Å². The predicted octanol–water partition coefficient (Wildman–Crippen LogP) is 5.14. The molecule has 106 valence electrons. The summed E-state index contributed by atoms with van der Waals surface area (Å²) in [5.74, 6) is 0.878. The summed E-state index contributed by atoms with van der Waals surface area (Å²) in [5.41, 5.74) is 1.27. The Hall–Kier alpha value is -1.83. The normalized spacial score (nSPS) is 17.1. The Kier molecular flexibility index (Phi) is 5.16. The molecule has 2 aromatic carbocycles. The smallest absolute Gasteiger partial charge is 0.183 e. The van der Waals surface area contributed by atoms with E-state index in [1.807, 2.05) is 0 Å². The minimum absolute atomic E-state index is 0.163. The summed E-state index contributed by atoms with van der Waals surface area (Å²) < 4.78 is 5.57. The van der Waals surface area contributed by atoms with Gasteiger partial charge in [-0.05, 0) is 16.3 Å². The average molecular weight is 269 g/mol. The number of rotatable bonds is 2. The summed E-state index contributed by atoms with van der Waals surface area (Å²) in [7, 11) is 0. The Bertz CT molecular complexity index is 583. The summed E-state index contributed by atoms with van der Waals surface area (Å²) in [6.45, 7) is 7.00. The van der Waals surface area contributed by atoms with Gasteiger partial charge < -0.3 is 4.74 Å². The van der Waals surface area contributed by atoms with Gasteiger partial charge in [0.25, 0.3) is 0 Å². The molecule has 0 amide bonds. The molecule has 2 nitrogen and oxygen atoms in total. The largest absolute Gasteiger partial charge is 0.478 e. The highest BCUT2D eigenvalue weighted by Gasteiger charge is 2.20. The van der Waals surface area contributed by atoms with Gasteiger partial charge in [-0.15, -0.1) is 0 Å². The number of benzene rings is 2. The second-order valence-corrected chi connectivity index (χ2v) is 4.98. The predicted molar refractivity (Wildman–Crippen MR) is 86.3 cm³/mol. The van der Waals surface area contributed by atoms with E-state index < -0.39 is 0 Å². The Morgan fingerprint density at radius 2 is 1.75 bits per heavy atom. The quantitative estimate of drug-likeness (QED) is 0.740. The van der Waals surface area contributed by atoms with Crippen LogP contribution in [0.2, 0.25) is 0 Å². The van der Waals surface area contributed by atoms with Crippen molar-refractivity contribution in [3.05, 3.63) is 48.0 Å². The average Bonchev–Trinajstić information content (AvgIpc) is 2.96. The summed E-state index contributed by atoms with van der Waals surface area (Å²) in [5, 5.41) is 2.55. The third kappa shape index (κ3) is 3.19. The van der Waals surface area contributed by atoms with Crippen molar-refractivity contribution in [2.45, 2.75) is 39.7 Å². The first-order valence-electron chi connectivity index (χ1n) is 7.47. The van der Waals surface area contributed by atoms with Crippen molar-refractivity contribution in [2.24, 2.45) is 4.99 Å². The minimum atomic E-state index is 0.163. The zero-order chi connectivity index (χ0) is 14.4. The van der Waals surface area contributed by atoms with Crippen LogP contribution in [-0.2, 0) is 4.74 Å². The fourth-order valence-corrected chi connectivity index (χ4v) is 2.32. The Morgan fingerprint density at radius 3 is 2.45 bits per heavy atom. The van der Waals surface area contributed by atoms with Gasteiger partial charge in [-0.1, -0.05) is 69.7 Å². The van der Waals surface area contributed by atoms with Crippen LogP contribution >= 0.6 is 0 Å². The number of aliphatic imine (C=N–C) groups is 1. The monoisotopic (exact) mass is 269 g/mol. The molecule has 0 saturated heterocycles. The SMILES string of the molecule is CCC.CCC1=NC(c2cccc3ccccc23)CO1. The maximum absolute atomic E-state index is 5.57. The molecule has 0 fully saturated rings. The number of hydrogen-bond donors (Lipinski definition) is 0. The van der Waals surface area contributed by atoms with E-state index in [9.17, 15) is 0 Å². The maximum atomic E-state index is 5.57. The zero-order valence-electron chi connectivity index (χ0n) is 12.6. The van der Waals surface area contributed by atoms with Crippen LogP contribution in [0.4, 0.5) is 0 Å². The van der Waals surface area contributed by atoms with Crippen LogP contribution in [0.15, 0.2) is 47.5 Å². The van der Waals surface area contributed by atoms with E-state index in [0.29, 0.717) is 6.61 Å². The van der Waals surface area contributed by atoms with Gasteiger partial charge in [-0.2, -0.15) is 0 Å². The van der Waals surface area contributed by atoms with Crippen LogP contribution in [0.3, 0.4) is 0 Å². The molecule has 0 N–H and O–H groups in total. The molecule has 1 heterocycles. The molecular formula is C18H23NO. The molecule has 1 aliphatic heterocycles. The molecule has 2 heteroatoms. The van der Waals surface area contributed by atoms with E-state index in [1.54, 1.807) is 0 Å². The van der Waals surface area contributed by atoms with Gasteiger partial charge in [0.15, 0.2) is 5.90 Å². The fourth-order valence-electron chi connectivity index (χ4n) is 2.32. The molecule has 1 unspecified atom stereocenters. The minimum Gasteiger partial charge on any atom is -0.478 e. The van der Waals surface area contributed by atoms with E-state index in [1.165, 1.54) is 22.8 Å². The molecule has 20 heavy (non-hydrogen) atoms. The number of nitrogens with zero attached hydrogens (tertiary/aromatic N) is 1. The number of ether oxygens (including phenoxy) is 1. The lowest BCUT2D eigenvalue weighted by Crippen LogP contribution is -1.99. The van der Waals surface area contributed by atoms with Crippen LogP contribution in [0.1, 0.15) is 45.2 Å². The number of fused-ring (bicyclic) bond motifs is 1. The maximum Gasteiger partial charge on any atom is 0.183 e. The third-order valence-corrected chi connectivity index (χ3v) is 3.19. The first-order valence-corrected chi connectivity index (χ1v) is 7.47. The standard InChI is InChI=1S/C15H15NO.C3H8/c1-2-15-16-14(10-17-15)13-9-5-7-11-6-3-4-8-12(11)13;1-3-2/h3-9,14H,2,10H2,1H3;3H2,1-2H3. The van der Waals surface area contributed by atoms with Gasteiger partial charge in [0.05, 0.1) is 0 Å². The lowest BCUT2D eigenvalue weighted by atomic mass is 10.00. The molecule has 3 rings (SSSR count). The molecule has 0 radical (unpaired) electrons. The Balaban J connectivity index is 0.000000452. The second kappa shape index (κ2) is 7.09. The number of hydrogen-bond acceptors (Lipinski definition) is 2. The van der Waals surface area contributed by atoms with Crippen LogP contribution < -0.4 is 0 Å². The first-order chi connectivity index (χ1) is 9.80. The highest BCUT2D eigenvalue weighted by Crippen LogP contribution is 2.29. The summed E-state index contributed by atoms with van der Waals surface area (Å²) in [6, 6.07) is 15.0. The van der Waals surface area contributed by atoms with E-state index in [0.717, 1.165) is 12.3 Å². The summed E-state index contributed by atoms with van der Waals surface area (Å²) in [4.78, 5) is 4.62. The van der Waals surface area contributed by atoms with Gasteiger partial charge >= 0.3 is 0 Å². The van der Waals surface area contributed by atoms with Gasteiger partial charge in [-0.3, -0.25) is 0 Å². The van der Waals surface area contributed by atoms with Gasteiger partial charge in [0.2, 0.25) is 0 Å². The van der Waals surface area contributed by atoms with Gasteiger partial charge in [0.1, 0.15) is 12.6 Å². The lowest BCUT2D eigenvalue weighted by molar-refractivity contribution is 0.313. The molecule has 0 bridgehead atoms. The Labute approximate surface area is 121 Å². The van der Waals surface area contributed by atoms with E-state index in [2.05, 4.69) is 68.2 Å². The Morgan fingerprint density at radius 1 is 1.05 bits per heavy atom. The van der Waals surface area contributed by atoms with E-state index in [4.69, 9.17) is 4.74 Å². The van der Waals surface area contributed by atoms with Crippen LogP contribution in [0.25, 0.3) is 10.8 Å². The molecular weight excluding hydrogens is 246 g/mol. The highest BCUT2D eigenvalue weighted by molar-refractivity contribution is 5.87. The topological polar surface area (TPSA) is 21.6 Å². The highest BCUT2D eigenvalue weighted by atomic mass is 16.5. The van der Waals surface area contributed by atoms with Crippen molar-refractivity contribution >= 4 is 16.7 Å². The first kappa shape index (κ1) is 14.6. The molecule has 0 aliphatic carbocycles. The summed E-state index contributed by atoms with van der Waals surface area (Å²) in [6.07, 6.45) is 2.13. The van der Waals surface area contributed by atoms with Crippen LogP contribution in [0.5, 0.6) is 0 Å². The molecule has 1 atom stereocenters. The zero-order valence-corrected chi connectivity index (χ0v) is 12.6. The van der Waals surface area contributed by atoms with Crippen molar-refractivity contribution in [1.29, 1.82) is 0 Å². The van der Waals surface area contributed by atoms with Crippen molar-refractivity contribution in [3.8, 4) is 0 Å². The lowest BCUT2D eigenvalue weighted by Gasteiger charge is -2.09. The molecule has 0 aromatic heterocycles. The van der Waals surface area contributed by atoms with Crippen molar-refractivity contribution in [1.82, 2.24) is 0 Å². The fraction of sp³-hybridized carbons (Fsp3) is 0.389. The molecule has 0 spiro atoms. The van der Waals surface area contributed by atoms with Crippen LogP contribution in [0, 0.1) is 0 Å². The van der Waals surface area contributed by atoms with Crippen molar-refractivity contribution in [2.75, 3.05) is 6.61 Å². The van der Waals surface area contributed by atoms with Crippen molar-refractivity contribution in [3.63, 3.8) is 0 Å². The van der Waals surface area contributed by atoms with Gasteiger partial charge in [0, 0.05) is 6.42 Å². The van der Waals surface area contributed by atoms with Crippen molar-refractivity contribution < 1.29 is 4.74 Å². The van der Waals surface area contributed by atoms with Gasteiger partial charge in [-0.25, -0.2) is 4.99 Å². The summed E-state index contributed by atoms with van der Waals surface area (Å²) >= 11 is 0. The molecule has 0 saturated carbocycles. The van der Waals surface area contributed by atoms with E-state index in [-0.39, 0.29) is 6.04 Å². The molecule has 1 aliphatic rings. The third-order valence-electron chi connectivity index (χ3n) is 3.19. The van der Waals surface area contributed by atoms with E-state index >= 15 is 0 Å².